The molecule has 0 fully saturated rings. The summed E-state index contributed by atoms with van der Waals surface area (Å²) >= 11 is 0. The van der Waals surface area contributed by atoms with E-state index in [1.807, 2.05) is 54.6 Å². The summed E-state index contributed by atoms with van der Waals surface area (Å²) in [5.74, 6) is 0.0106. The van der Waals surface area contributed by atoms with Gasteiger partial charge in [0.1, 0.15) is 6.61 Å². The number of ketones is 1. The monoisotopic (exact) mass is 335 g/mol. The lowest BCUT2D eigenvalue weighted by atomic mass is 10.0. The van der Waals surface area contributed by atoms with Crippen molar-refractivity contribution in [3.8, 4) is 0 Å². The van der Waals surface area contributed by atoms with Crippen molar-refractivity contribution < 1.29 is 14.3 Å². The summed E-state index contributed by atoms with van der Waals surface area (Å²) in [5, 5.41) is 0. The zero-order chi connectivity index (χ0) is 17.6. The number of nitrogens with zero attached hydrogens (tertiary/aromatic N) is 1. The number of allylic oxidation sites excluding steroid dienone is 1. The van der Waals surface area contributed by atoms with Gasteiger partial charge in [0.2, 0.25) is 0 Å². The van der Waals surface area contributed by atoms with Crippen LogP contribution in [0.2, 0.25) is 0 Å². The summed E-state index contributed by atoms with van der Waals surface area (Å²) in [6, 6.07) is 17.0. The molecule has 0 bridgehead atoms. The lowest BCUT2D eigenvalue weighted by molar-refractivity contribution is 0.101. The maximum Gasteiger partial charge on any atom is 0.414 e. The Bertz CT molecular complexity index is 796. The smallest absolute Gasteiger partial charge is 0.414 e. The van der Waals surface area contributed by atoms with E-state index in [1.54, 1.807) is 17.9 Å². The van der Waals surface area contributed by atoms with Crippen LogP contribution in [0.3, 0.4) is 0 Å². The minimum absolute atomic E-state index is 0.0106. The third kappa shape index (κ3) is 4.15. The fraction of sp³-hybridized carbons (Fsp3) is 0.238. The Morgan fingerprint density at radius 1 is 1.08 bits per heavy atom. The van der Waals surface area contributed by atoms with Gasteiger partial charge >= 0.3 is 6.09 Å². The second-order valence-electron chi connectivity index (χ2n) is 6.06. The first-order chi connectivity index (χ1) is 12.1. The van der Waals surface area contributed by atoms with Crippen molar-refractivity contribution in [2.75, 3.05) is 6.54 Å². The molecule has 1 amide bonds. The quantitative estimate of drug-likeness (QED) is 0.763. The van der Waals surface area contributed by atoms with Crippen molar-refractivity contribution in [2.45, 2.75) is 26.4 Å². The Morgan fingerprint density at radius 3 is 2.64 bits per heavy atom. The Kier molecular flexibility index (Phi) is 5.29. The average Bonchev–Trinajstić information content (AvgIpc) is 2.67. The molecular formula is C21H21NO3. The number of carbonyl (C=O) groups is 2. The van der Waals surface area contributed by atoms with Crippen molar-refractivity contribution >= 4 is 17.6 Å². The van der Waals surface area contributed by atoms with Gasteiger partial charge in [0.15, 0.2) is 5.78 Å². The highest BCUT2D eigenvalue weighted by atomic mass is 16.6. The molecule has 0 spiro atoms. The van der Waals surface area contributed by atoms with Crippen LogP contribution in [0.4, 0.5) is 4.79 Å². The molecule has 2 aromatic carbocycles. The highest BCUT2D eigenvalue weighted by Gasteiger charge is 2.23. The Morgan fingerprint density at radius 2 is 1.88 bits per heavy atom. The highest BCUT2D eigenvalue weighted by Crippen LogP contribution is 2.26. The van der Waals surface area contributed by atoms with E-state index in [2.05, 4.69) is 0 Å². The zero-order valence-electron chi connectivity index (χ0n) is 14.3. The van der Waals surface area contributed by atoms with Gasteiger partial charge in [0.25, 0.3) is 0 Å². The molecule has 0 unspecified atom stereocenters. The molecule has 128 valence electrons. The summed E-state index contributed by atoms with van der Waals surface area (Å²) in [7, 11) is 0. The molecule has 0 radical (unpaired) electrons. The first-order valence-corrected chi connectivity index (χ1v) is 8.45. The number of hydrogen-bond donors (Lipinski definition) is 0. The van der Waals surface area contributed by atoms with Crippen LogP contribution < -0.4 is 0 Å². The van der Waals surface area contributed by atoms with Gasteiger partial charge < -0.3 is 4.74 Å². The van der Waals surface area contributed by atoms with Crippen molar-refractivity contribution in [1.29, 1.82) is 0 Å². The molecule has 1 aliphatic rings. The molecule has 3 rings (SSSR count). The minimum Gasteiger partial charge on any atom is -0.444 e. The van der Waals surface area contributed by atoms with Crippen LogP contribution in [0.25, 0.3) is 5.70 Å². The van der Waals surface area contributed by atoms with Gasteiger partial charge in [0, 0.05) is 12.1 Å². The van der Waals surface area contributed by atoms with Crippen molar-refractivity contribution in [2.24, 2.45) is 0 Å². The topological polar surface area (TPSA) is 46.6 Å². The van der Waals surface area contributed by atoms with E-state index in [-0.39, 0.29) is 18.5 Å². The normalized spacial score (nSPS) is 14.0. The second-order valence-corrected chi connectivity index (χ2v) is 6.06. The van der Waals surface area contributed by atoms with Crippen molar-refractivity contribution in [3.05, 3.63) is 77.4 Å². The van der Waals surface area contributed by atoms with Gasteiger partial charge in [-0.05, 0) is 37.0 Å². The minimum atomic E-state index is -0.358. The number of ether oxygens (including phenoxy) is 1. The first-order valence-electron chi connectivity index (χ1n) is 8.45. The largest absolute Gasteiger partial charge is 0.444 e. The van der Waals surface area contributed by atoms with Crippen LogP contribution in [-0.4, -0.2) is 23.3 Å². The van der Waals surface area contributed by atoms with E-state index in [0.29, 0.717) is 12.1 Å². The average molecular weight is 335 g/mol. The molecule has 25 heavy (non-hydrogen) atoms. The number of amides is 1. The molecule has 0 aromatic heterocycles. The van der Waals surface area contributed by atoms with Crippen molar-refractivity contribution in [3.63, 3.8) is 0 Å². The number of hydrogen-bond acceptors (Lipinski definition) is 3. The van der Waals surface area contributed by atoms with Gasteiger partial charge in [-0.25, -0.2) is 4.79 Å². The third-order valence-electron chi connectivity index (χ3n) is 4.20. The number of carbonyl (C=O) groups excluding carboxylic acids is 2. The lowest BCUT2D eigenvalue weighted by Gasteiger charge is -2.28. The Balaban J connectivity index is 1.76. The molecule has 4 nitrogen and oxygen atoms in total. The van der Waals surface area contributed by atoms with Crippen LogP contribution >= 0.6 is 0 Å². The number of Topliss-reactive ketones (excluding diaryl/α,β-unsaturated/α-hetero) is 1. The predicted octanol–water partition coefficient (Wildman–Crippen LogP) is 4.66. The summed E-state index contributed by atoms with van der Waals surface area (Å²) in [6.07, 6.45) is 3.48. The molecule has 0 saturated heterocycles. The van der Waals surface area contributed by atoms with Crippen LogP contribution in [0.15, 0.2) is 60.7 Å². The maximum atomic E-state index is 12.6. The van der Waals surface area contributed by atoms with Crippen LogP contribution in [0, 0.1) is 0 Å². The van der Waals surface area contributed by atoms with E-state index < -0.39 is 0 Å². The van der Waals surface area contributed by atoms with Crippen LogP contribution in [0.1, 0.15) is 41.3 Å². The van der Waals surface area contributed by atoms with E-state index in [0.717, 1.165) is 29.7 Å². The number of benzene rings is 2. The van der Waals surface area contributed by atoms with Gasteiger partial charge in [-0.1, -0.05) is 54.6 Å². The van der Waals surface area contributed by atoms with Gasteiger partial charge in [-0.3, -0.25) is 9.69 Å². The molecular weight excluding hydrogens is 314 g/mol. The molecule has 1 aliphatic heterocycles. The first kappa shape index (κ1) is 17.0. The molecule has 0 N–H and O–H groups in total. The summed E-state index contributed by atoms with van der Waals surface area (Å²) in [4.78, 5) is 25.9. The summed E-state index contributed by atoms with van der Waals surface area (Å²) in [6.45, 7) is 2.40. The fourth-order valence-electron chi connectivity index (χ4n) is 2.88. The molecule has 0 aliphatic carbocycles. The van der Waals surface area contributed by atoms with Gasteiger partial charge in [-0.2, -0.15) is 0 Å². The van der Waals surface area contributed by atoms with E-state index in [1.165, 1.54) is 0 Å². The Hall–Kier alpha value is -2.88. The zero-order valence-corrected chi connectivity index (χ0v) is 14.3. The molecule has 0 atom stereocenters. The second kappa shape index (κ2) is 7.79. The molecule has 2 aromatic rings. The Labute approximate surface area is 147 Å². The highest BCUT2D eigenvalue weighted by molar-refractivity contribution is 5.95. The molecule has 1 heterocycles. The lowest BCUT2D eigenvalue weighted by Crippen LogP contribution is -2.33. The third-order valence-corrected chi connectivity index (χ3v) is 4.20. The van der Waals surface area contributed by atoms with Crippen LogP contribution in [0.5, 0.6) is 0 Å². The number of rotatable bonds is 4. The SMILES string of the molecule is CC(=O)c1cccc(C2=CCCCN2C(=O)OCc2ccccc2)c1. The summed E-state index contributed by atoms with van der Waals surface area (Å²) in [5.41, 5.74) is 3.27. The fourth-order valence-corrected chi connectivity index (χ4v) is 2.88. The maximum absolute atomic E-state index is 12.6. The van der Waals surface area contributed by atoms with Crippen LogP contribution in [-0.2, 0) is 11.3 Å². The van der Waals surface area contributed by atoms with Gasteiger partial charge in [-0.15, -0.1) is 0 Å². The van der Waals surface area contributed by atoms with E-state index >= 15 is 0 Å². The van der Waals surface area contributed by atoms with E-state index in [4.69, 9.17) is 4.74 Å². The molecule has 0 saturated carbocycles. The van der Waals surface area contributed by atoms with Crippen molar-refractivity contribution in [1.82, 2.24) is 4.90 Å². The van der Waals surface area contributed by atoms with Gasteiger partial charge in [0.05, 0.1) is 5.70 Å². The summed E-state index contributed by atoms with van der Waals surface area (Å²) < 4.78 is 5.48. The standard InChI is InChI=1S/C21H21NO3/c1-16(23)18-10-7-11-19(14-18)20-12-5-6-13-22(20)21(24)25-15-17-8-3-2-4-9-17/h2-4,7-12,14H,5-6,13,15H2,1H3. The molecule has 4 heteroatoms. The van der Waals surface area contributed by atoms with E-state index in [9.17, 15) is 9.59 Å². The predicted molar refractivity (Wildman–Crippen MR) is 97.0 cm³/mol.